The molecule has 1 unspecified atom stereocenters. The summed E-state index contributed by atoms with van der Waals surface area (Å²) >= 11 is 0. The van der Waals surface area contributed by atoms with Crippen molar-refractivity contribution in [3.05, 3.63) is 71.4 Å². The first-order valence-electron chi connectivity index (χ1n) is 9.82. The highest BCUT2D eigenvalue weighted by molar-refractivity contribution is 5.32. The van der Waals surface area contributed by atoms with E-state index in [2.05, 4.69) is 52.7 Å². The van der Waals surface area contributed by atoms with E-state index in [0.717, 1.165) is 49.1 Å². The molecular weight excluding hydrogens is 336 g/mol. The van der Waals surface area contributed by atoms with Gasteiger partial charge in [0.1, 0.15) is 11.5 Å². The monoisotopic (exact) mass is 364 g/mol. The second-order valence-electron chi connectivity index (χ2n) is 7.36. The minimum absolute atomic E-state index is 0.297. The predicted octanol–water partition coefficient (Wildman–Crippen LogP) is 4.01. The van der Waals surface area contributed by atoms with Crippen LogP contribution in [0.15, 0.2) is 53.1 Å². The van der Waals surface area contributed by atoms with Gasteiger partial charge in [0.15, 0.2) is 0 Å². The Morgan fingerprint density at radius 1 is 1.07 bits per heavy atom. The van der Waals surface area contributed by atoms with Crippen molar-refractivity contribution in [2.45, 2.75) is 39.3 Å². The number of aryl methyl sites for hydroxylation is 2. The number of rotatable bonds is 7. The lowest BCUT2D eigenvalue weighted by molar-refractivity contribution is 0.207. The summed E-state index contributed by atoms with van der Waals surface area (Å²) < 4.78 is 7.91. The van der Waals surface area contributed by atoms with Gasteiger partial charge in [-0.1, -0.05) is 18.2 Å². The fraction of sp³-hybridized carbons (Fsp3) is 0.409. The van der Waals surface area contributed by atoms with Gasteiger partial charge in [-0.05, 0) is 64.0 Å². The third-order valence-corrected chi connectivity index (χ3v) is 5.35. The quantitative estimate of drug-likeness (QED) is 0.688. The maximum Gasteiger partial charge on any atom is 0.122 e. The summed E-state index contributed by atoms with van der Waals surface area (Å²) in [5, 5.41) is 8.30. The molecule has 1 saturated heterocycles. The Morgan fingerprint density at radius 3 is 2.56 bits per heavy atom. The number of furan rings is 1. The van der Waals surface area contributed by atoms with E-state index in [9.17, 15) is 0 Å². The average Bonchev–Trinajstić information content (AvgIpc) is 3.42. The maximum absolute atomic E-state index is 5.95. The molecule has 0 radical (unpaired) electrons. The van der Waals surface area contributed by atoms with Crippen LogP contribution >= 0.6 is 0 Å². The van der Waals surface area contributed by atoms with Crippen molar-refractivity contribution in [2.24, 2.45) is 0 Å². The average molecular weight is 364 g/mol. The van der Waals surface area contributed by atoms with E-state index in [1.165, 1.54) is 18.4 Å². The van der Waals surface area contributed by atoms with E-state index < -0.39 is 0 Å². The Bertz CT molecular complexity index is 862. The molecule has 3 heterocycles. The molecule has 4 rings (SSSR count). The molecule has 1 aliphatic rings. The lowest BCUT2D eigenvalue weighted by atomic mass is 10.2. The van der Waals surface area contributed by atoms with Crippen LogP contribution in [0.3, 0.4) is 0 Å². The number of para-hydroxylation sites is 1. The van der Waals surface area contributed by atoms with Gasteiger partial charge in [0.05, 0.1) is 17.4 Å². The summed E-state index contributed by atoms with van der Waals surface area (Å²) in [6, 6.07) is 14.7. The topological polar surface area (TPSA) is 46.2 Å². The van der Waals surface area contributed by atoms with Crippen LogP contribution in [0.2, 0.25) is 0 Å². The van der Waals surface area contributed by atoms with Gasteiger partial charge in [-0.15, -0.1) is 0 Å². The number of hydrogen-bond acceptors (Lipinski definition) is 4. The normalized spacial score (nSPS) is 16.1. The molecule has 1 N–H and O–H groups in total. The van der Waals surface area contributed by atoms with Gasteiger partial charge in [0.25, 0.3) is 0 Å². The summed E-state index contributed by atoms with van der Waals surface area (Å²) in [6.07, 6.45) is 4.68. The molecule has 3 aromatic rings. The molecule has 0 amide bonds. The number of nitrogens with one attached hydrogen (secondary N) is 1. The lowest BCUT2D eigenvalue weighted by Gasteiger charge is -2.26. The van der Waals surface area contributed by atoms with Crippen molar-refractivity contribution in [1.29, 1.82) is 0 Å². The van der Waals surface area contributed by atoms with Crippen LogP contribution in [-0.4, -0.2) is 34.3 Å². The first-order valence-corrected chi connectivity index (χ1v) is 9.82. The standard InChI is InChI=1S/C22H28N4O/c1-17-10-11-22(27-17)21(25-12-6-7-13-25)15-23-14-19-16-26(24-18(19)2)20-8-4-3-5-9-20/h3-5,8-11,16,21,23H,6-7,12-15H2,1-2H3. The van der Waals surface area contributed by atoms with E-state index in [1.807, 2.05) is 29.8 Å². The van der Waals surface area contributed by atoms with E-state index in [4.69, 9.17) is 4.42 Å². The van der Waals surface area contributed by atoms with Crippen molar-refractivity contribution in [1.82, 2.24) is 20.0 Å². The fourth-order valence-electron chi connectivity index (χ4n) is 3.82. The van der Waals surface area contributed by atoms with Crippen molar-refractivity contribution in [3.63, 3.8) is 0 Å². The molecule has 1 fully saturated rings. The number of likely N-dealkylation sites (tertiary alicyclic amines) is 1. The SMILES string of the molecule is Cc1ccc(C(CNCc2cn(-c3ccccc3)nc2C)N2CCCC2)o1. The lowest BCUT2D eigenvalue weighted by Crippen LogP contribution is -2.33. The van der Waals surface area contributed by atoms with Gasteiger partial charge in [-0.2, -0.15) is 5.10 Å². The van der Waals surface area contributed by atoms with E-state index >= 15 is 0 Å². The molecule has 0 spiro atoms. The van der Waals surface area contributed by atoms with Gasteiger partial charge in [0, 0.05) is 24.8 Å². The summed E-state index contributed by atoms with van der Waals surface area (Å²) in [5.74, 6) is 2.05. The zero-order valence-corrected chi connectivity index (χ0v) is 16.2. The van der Waals surface area contributed by atoms with Crippen LogP contribution in [0.4, 0.5) is 0 Å². The van der Waals surface area contributed by atoms with Gasteiger partial charge in [0.2, 0.25) is 0 Å². The zero-order chi connectivity index (χ0) is 18.6. The molecular formula is C22H28N4O. The second kappa shape index (κ2) is 8.11. The third-order valence-electron chi connectivity index (χ3n) is 5.35. The van der Waals surface area contributed by atoms with Gasteiger partial charge >= 0.3 is 0 Å². The molecule has 1 aliphatic heterocycles. The largest absolute Gasteiger partial charge is 0.465 e. The van der Waals surface area contributed by atoms with E-state index in [-0.39, 0.29) is 0 Å². The summed E-state index contributed by atoms with van der Waals surface area (Å²) in [6.45, 7) is 8.07. The van der Waals surface area contributed by atoms with Gasteiger partial charge < -0.3 is 9.73 Å². The minimum Gasteiger partial charge on any atom is -0.465 e. The number of nitrogens with zero attached hydrogens (tertiary/aromatic N) is 3. The van der Waals surface area contributed by atoms with Crippen LogP contribution in [0.25, 0.3) is 5.69 Å². The second-order valence-corrected chi connectivity index (χ2v) is 7.36. The molecule has 0 bridgehead atoms. The van der Waals surface area contributed by atoms with Gasteiger partial charge in [-0.3, -0.25) is 4.90 Å². The molecule has 27 heavy (non-hydrogen) atoms. The molecule has 1 aromatic carbocycles. The van der Waals surface area contributed by atoms with E-state index in [1.54, 1.807) is 0 Å². The Morgan fingerprint density at radius 2 is 1.85 bits per heavy atom. The molecule has 0 saturated carbocycles. The van der Waals surface area contributed by atoms with Crippen molar-refractivity contribution >= 4 is 0 Å². The highest BCUT2D eigenvalue weighted by atomic mass is 16.3. The molecule has 5 nitrogen and oxygen atoms in total. The molecule has 0 aliphatic carbocycles. The minimum atomic E-state index is 0.297. The molecule has 142 valence electrons. The van der Waals surface area contributed by atoms with Crippen molar-refractivity contribution < 1.29 is 4.42 Å². The molecule has 1 atom stereocenters. The smallest absolute Gasteiger partial charge is 0.122 e. The number of aromatic nitrogens is 2. The van der Waals surface area contributed by atoms with Gasteiger partial charge in [-0.25, -0.2) is 4.68 Å². The zero-order valence-electron chi connectivity index (χ0n) is 16.2. The third kappa shape index (κ3) is 4.15. The van der Waals surface area contributed by atoms with Crippen LogP contribution in [0, 0.1) is 13.8 Å². The van der Waals surface area contributed by atoms with Crippen molar-refractivity contribution in [3.8, 4) is 5.69 Å². The molecule has 5 heteroatoms. The predicted molar refractivity (Wildman–Crippen MR) is 107 cm³/mol. The van der Waals surface area contributed by atoms with Crippen LogP contribution in [0.5, 0.6) is 0 Å². The Balaban J connectivity index is 1.42. The van der Waals surface area contributed by atoms with Crippen LogP contribution in [0.1, 0.15) is 41.7 Å². The Kier molecular flexibility index (Phi) is 5.41. The highest BCUT2D eigenvalue weighted by Gasteiger charge is 2.25. The van der Waals surface area contributed by atoms with Crippen LogP contribution < -0.4 is 5.32 Å². The first-order chi connectivity index (χ1) is 13.2. The number of hydrogen-bond donors (Lipinski definition) is 1. The molecule has 2 aromatic heterocycles. The maximum atomic E-state index is 5.95. The van der Waals surface area contributed by atoms with Crippen LogP contribution in [-0.2, 0) is 6.54 Å². The van der Waals surface area contributed by atoms with Crippen molar-refractivity contribution in [2.75, 3.05) is 19.6 Å². The Hall–Kier alpha value is -2.37. The fourth-order valence-corrected chi connectivity index (χ4v) is 3.82. The summed E-state index contributed by atoms with van der Waals surface area (Å²) in [4.78, 5) is 2.53. The number of benzene rings is 1. The summed E-state index contributed by atoms with van der Waals surface area (Å²) in [5.41, 5.74) is 3.39. The Labute approximate surface area is 161 Å². The van der Waals surface area contributed by atoms with E-state index in [0.29, 0.717) is 6.04 Å². The highest BCUT2D eigenvalue weighted by Crippen LogP contribution is 2.26. The summed E-state index contributed by atoms with van der Waals surface area (Å²) in [7, 11) is 0. The first kappa shape index (κ1) is 18.0.